The minimum Gasteiger partial charge on any atom is -0.467 e. The molecule has 104 valence electrons. The Morgan fingerprint density at radius 1 is 1.58 bits per heavy atom. The number of nitrogens with zero attached hydrogens (tertiary/aromatic N) is 3. The first-order chi connectivity index (χ1) is 9.15. The van der Waals surface area contributed by atoms with Gasteiger partial charge in [-0.25, -0.2) is 9.78 Å². The lowest BCUT2D eigenvalue weighted by Crippen LogP contribution is -2.49. The van der Waals surface area contributed by atoms with Crippen molar-refractivity contribution in [2.45, 2.75) is 19.4 Å². The summed E-state index contributed by atoms with van der Waals surface area (Å²) in [6.07, 6.45) is -0.0685. The Hall–Kier alpha value is -1.96. The van der Waals surface area contributed by atoms with Gasteiger partial charge in [0.25, 0.3) is 5.91 Å². The largest absolute Gasteiger partial charge is 0.467 e. The SMILES string of the molecule is CCc1nc(C(=O)N2CCOC(C(=O)OC)C2)n[nH]1. The number of aryl methyl sites for hydroxylation is 1. The van der Waals surface area contributed by atoms with Crippen molar-refractivity contribution in [3.63, 3.8) is 0 Å². The van der Waals surface area contributed by atoms with Gasteiger partial charge in [0.15, 0.2) is 6.10 Å². The second-order valence-corrected chi connectivity index (χ2v) is 4.09. The van der Waals surface area contributed by atoms with E-state index in [9.17, 15) is 9.59 Å². The van der Waals surface area contributed by atoms with E-state index >= 15 is 0 Å². The number of carbonyl (C=O) groups excluding carboxylic acids is 2. The summed E-state index contributed by atoms with van der Waals surface area (Å²) in [5, 5.41) is 6.56. The molecule has 1 unspecified atom stereocenters. The van der Waals surface area contributed by atoms with Crippen LogP contribution in [0, 0.1) is 0 Å². The van der Waals surface area contributed by atoms with Crippen molar-refractivity contribution in [2.24, 2.45) is 0 Å². The zero-order valence-corrected chi connectivity index (χ0v) is 10.9. The number of esters is 1. The molecule has 2 rings (SSSR count). The molecule has 1 aliphatic heterocycles. The smallest absolute Gasteiger partial charge is 0.336 e. The molecular weight excluding hydrogens is 252 g/mol. The van der Waals surface area contributed by atoms with Gasteiger partial charge in [-0.1, -0.05) is 6.92 Å². The van der Waals surface area contributed by atoms with Crippen LogP contribution >= 0.6 is 0 Å². The van der Waals surface area contributed by atoms with Gasteiger partial charge in [-0.3, -0.25) is 9.89 Å². The Balaban J connectivity index is 2.04. The predicted octanol–water partition coefficient (Wildman–Crippen LogP) is -0.619. The lowest BCUT2D eigenvalue weighted by molar-refractivity contribution is -0.158. The molecule has 1 fully saturated rings. The minimum atomic E-state index is -0.743. The first-order valence-corrected chi connectivity index (χ1v) is 6.05. The second-order valence-electron chi connectivity index (χ2n) is 4.09. The number of H-pyrrole nitrogens is 1. The van der Waals surface area contributed by atoms with E-state index in [4.69, 9.17) is 4.74 Å². The van der Waals surface area contributed by atoms with Crippen LogP contribution in [0.15, 0.2) is 0 Å². The van der Waals surface area contributed by atoms with Crippen LogP contribution in [0.5, 0.6) is 0 Å². The van der Waals surface area contributed by atoms with Crippen molar-refractivity contribution in [3.05, 3.63) is 11.6 Å². The van der Waals surface area contributed by atoms with E-state index in [1.165, 1.54) is 12.0 Å². The van der Waals surface area contributed by atoms with E-state index in [0.717, 1.165) is 0 Å². The zero-order valence-electron chi connectivity index (χ0n) is 10.9. The van der Waals surface area contributed by atoms with Gasteiger partial charge in [0.05, 0.1) is 20.3 Å². The number of rotatable bonds is 3. The number of methoxy groups -OCH3 is 1. The molecule has 0 bridgehead atoms. The third-order valence-electron chi connectivity index (χ3n) is 2.88. The number of carbonyl (C=O) groups is 2. The molecule has 1 atom stereocenters. The highest BCUT2D eigenvalue weighted by Crippen LogP contribution is 2.09. The Morgan fingerprint density at radius 2 is 2.37 bits per heavy atom. The summed E-state index contributed by atoms with van der Waals surface area (Å²) in [5.41, 5.74) is 0. The van der Waals surface area contributed by atoms with Crippen LogP contribution in [0.4, 0.5) is 0 Å². The average Bonchev–Trinajstić information content (AvgIpc) is 2.94. The quantitative estimate of drug-likeness (QED) is 0.734. The molecular formula is C11H16N4O4. The van der Waals surface area contributed by atoms with Gasteiger partial charge in [0.1, 0.15) is 5.82 Å². The Bertz CT molecular complexity index is 473. The average molecular weight is 268 g/mol. The molecule has 0 radical (unpaired) electrons. The Morgan fingerprint density at radius 3 is 3.00 bits per heavy atom. The normalized spacial score (nSPS) is 19.3. The molecule has 0 aliphatic carbocycles. The standard InChI is InChI=1S/C11H16N4O4/c1-3-8-12-9(14-13-8)10(16)15-4-5-19-7(6-15)11(17)18-2/h7H,3-6H2,1-2H3,(H,12,13,14). The van der Waals surface area contributed by atoms with Crippen molar-refractivity contribution in [2.75, 3.05) is 26.8 Å². The molecule has 1 amide bonds. The van der Waals surface area contributed by atoms with Gasteiger partial charge in [-0.15, -0.1) is 5.10 Å². The van der Waals surface area contributed by atoms with Crippen molar-refractivity contribution >= 4 is 11.9 Å². The number of ether oxygens (including phenoxy) is 2. The number of morpholine rings is 1. The van der Waals surface area contributed by atoms with Crippen LogP contribution in [0.1, 0.15) is 23.4 Å². The summed E-state index contributed by atoms with van der Waals surface area (Å²) < 4.78 is 9.86. The molecule has 2 heterocycles. The molecule has 0 spiro atoms. The molecule has 8 heteroatoms. The summed E-state index contributed by atoms with van der Waals surface area (Å²) in [6, 6.07) is 0. The highest BCUT2D eigenvalue weighted by atomic mass is 16.6. The number of aromatic amines is 1. The third kappa shape index (κ3) is 2.90. The van der Waals surface area contributed by atoms with Crippen molar-refractivity contribution in [3.8, 4) is 0 Å². The van der Waals surface area contributed by atoms with E-state index in [-0.39, 0.29) is 24.9 Å². The van der Waals surface area contributed by atoms with Gasteiger partial charge in [-0.05, 0) is 0 Å². The number of hydrogen-bond acceptors (Lipinski definition) is 6. The lowest BCUT2D eigenvalue weighted by Gasteiger charge is -2.30. The fourth-order valence-corrected chi connectivity index (χ4v) is 1.80. The molecule has 1 N–H and O–H groups in total. The van der Waals surface area contributed by atoms with Crippen LogP contribution in [0.3, 0.4) is 0 Å². The summed E-state index contributed by atoms with van der Waals surface area (Å²) in [4.78, 5) is 29.1. The number of amides is 1. The van der Waals surface area contributed by atoms with E-state index in [1.807, 2.05) is 6.92 Å². The van der Waals surface area contributed by atoms with Gasteiger partial charge < -0.3 is 14.4 Å². The van der Waals surface area contributed by atoms with Gasteiger partial charge in [0.2, 0.25) is 5.82 Å². The molecule has 19 heavy (non-hydrogen) atoms. The molecule has 0 aromatic carbocycles. The van der Waals surface area contributed by atoms with Crippen LogP contribution in [-0.4, -0.2) is 64.9 Å². The summed E-state index contributed by atoms with van der Waals surface area (Å²) >= 11 is 0. The highest BCUT2D eigenvalue weighted by Gasteiger charge is 2.31. The molecule has 1 saturated heterocycles. The summed E-state index contributed by atoms with van der Waals surface area (Å²) in [7, 11) is 1.29. The molecule has 1 aliphatic rings. The van der Waals surface area contributed by atoms with Crippen LogP contribution < -0.4 is 0 Å². The number of hydrogen-bond donors (Lipinski definition) is 1. The number of aromatic nitrogens is 3. The molecule has 8 nitrogen and oxygen atoms in total. The van der Waals surface area contributed by atoms with E-state index < -0.39 is 12.1 Å². The van der Waals surface area contributed by atoms with Crippen molar-refractivity contribution < 1.29 is 19.1 Å². The Kier molecular flexibility index (Phi) is 4.10. The summed E-state index contributed by atoms with van der Waals surface area (Å²) in [6.45, 7) is 2.76. The van der Waals surface area contributed by atoms with Crippen LogP contribution in [0.25, 0.3) is 0 Å². The molecule has 1 aromatic rings. The monoisotopic (exact) mass is 268 g/mol. The maximum atomic E-state index is 12.2. The summed E-state index contributed by atoms with van der Waals surface area (Å²) in [5.74, 6) is -0.0293. The van der Waals surface area contributed by atoms with Crippen molar-refractivity contribution in [1.82, 2.24) is 20.1 Å². The fraction of sp³-hybridized carbons (Fsp3) is 0.636. The minimum absolute atomic E-state index is 0.113. The zero-order chi connectivity index (χ0) is 13.8. The lowest BCUT2D eigenvalue weighted by atomic mass is 10.2. The van der Waals surface area contributed by atoms with E-state index in [1.54, 1.807) is 0 Å². The van der Waals surface area contributed by atoms with Gasteiger partial charge >= 0.3 is 5.97 Å². The van der Waals surface area contributed by atoms with Gasteiger partial charge in [-0.2, -0.15) is 0 Å². The first-order valence-electron chi connectivity index (χ1n) is 6.05. The maximum absolute atomic E-state index is 12.2. The van der Waals surface area contributed by atoms with Gasteiger partial charge in [0, 0.05) is 13.0 Å². The Labute approximate surface area is 110 Å². The van der Waals surface area contributed by atoms with Crippen molar-refractivity contribution in [1.29, 1.82) is 0 Å². The first kappa shape index (κ1) is 13.5. The topological polar surface area (TPSA) is 97.4 Å². The highest BCUT2D eigenvalue weighted by molar-refractivity contribution is 5.91. The van der Waals surface area contributed by atoms with E-state index in [2.05, 4.69) is 19.9 Å². The number of nitrogens with one attached hydrogen (secondary N) is 1. The van der Waals surface area contributed by atoms with E-state index in [0.29, 0.717) is 18.8 Å². The molecule has 0 saturated carbocycles. The maximum Gasteiger partial charge on any atom is 0.336 e. The van der Waals surface area contributed by atoms with Crippen LogP contribution in [-0.2, 0) is 20.7 Å². The second kappa shape index (κ2) is 5.79. The fourth-order valence-electron chi connectivity index (χ4n) is 1.80. The van der Waals surface area contributed by atoms with Crippen LogP contribution in [0.2, 0.25) is 0 Å². The third-order valence-corrected chi connectivity index (χ3v) is 2.88. The predicted molar refractivity (Wildman–Crippen MR) is 63.4 cm³/mol. The molecule has 1 aromatic heterocycles.